The number of nitrogens with zero attached hydrogens (tertiary/aromatic N) is 1. The van der Waals surface area contributed by atoms with Crippen molar-refractivity contribution in [2.75, 3.05) is 18.7 Å². The summed E-state index contributed by atoms with van der Waals surface area (Å²) in [5.74, 6) is 0.0961. The topological polar surface area (TPSA) is 69.0 Å². The molecule has 0 fully saturated rings. The Hall–Kier alpha value is -2.99. The number of carbonyl (C=O) groups excluding carboxylic acids is 1. The summed E-state index contributed by atoms with van der Waals surface area (Å²) in [7, 11) is 1.35. The van der Waals surface area contributed by atoms with Gasteiger partial charge in [-0.15, -0.1) is 0 Å². The molecule has 1 aromatic heterocycles. The first-order valence-corrected chi connectivity index (χ1v) is 9.81. The molecule has 3 aromatic rings. The summed E-state index contributed by atoms with van der Waals surface area (Å²) in [6.45, 7) is 0.601. The molecule has 2 heterocycles. The summed E-state index contributed by atoms with van der Waals surface area (Å²) in [4.78, 5) is 26.6. The van der Waals surface area contributed by atoms with Gasteiger partial charge in [-0.2, -0.15) is 0 Å². The second-order valence-corrected chi connectivity index (χ2v) is 7.63. The Morgan fingerprint density at radius 3 is 2.79 bits per heavy atom. The predicted octanol–water partition coefficient (Wildman–Crippen LogP) is 4.08. The maximum atomic E-state index is 12.5. The van der Waals surface area contributed by atoms with Crippen LogP contribution in [0.4, 0.5) is 5.69 Å². The largest absolute Gasteiger partial charge is 0.471 e. The van der Waals surface area contributed by atoms with Crippen molar-refractivity contribution in [3.05, 3.63) is 68.0 Å². The predicted molar refractivity (Wildman–Crippen MR) is 109 cm³/mol. The summed E-state index contributed by atoms with van der Waals surface area (Å²) < 4.78 is 16.6. The van der Waals surface area contributed by atoms with Crippen molar-refractivity contribution in [3.63, 3.8) is 0 Å². The van der Waals surface area contributed by atoms with E-state index in [9.17, 15) is 9.59 Å². The first-order valence-electron chi connectivity index (χ1n) is 9.43. The number of ether oxygens (including phenoxy) is 2. The van der Waals surface area contributed by atoms with Gasteiger partial charge in [0.15, 0.2) is 6.73 Å². The van der Waals surface area contributed by atoms with Gasteiger partial charge in [0.05, 0.1) is 35.5 Å². The Bertz CT molecular complexity index is 1220. The number of halogens is 1. The van der Waals surface area contributed by atoms with Crippen LogP contribution in [0.2, 0.25) is 5.02 Å². The number of fused-ring (bicyclic) bond motifs is 5. The zero-order valence-electron chi connectivity index (χ0n) is 15.8. The van der Waals surface area contributed by atoms with Gasteiger partial charge in [0.2, 0.25) is 0 Å². The van der Waals surface area contributed by atoms with Crippen LogP contribution in [0, 0.1) is 0 Å². The summed E-state index contributed by atoms with van der Waals surface area (Å²) >= 11 is 6.52. The number of hydrogen-bond donors (Lipinski definition) is 0. The van der Waals surface area contributed by atoms with Crippen LogP contribution in [0.5, 0.6) is 5.75 Å². The molecule has 0 radical (unpaired) electrons. The molecule has 148 valence electrons. The van der Waals surface area contributed by atoms with Crippen LogP contribution in [0.15, 0.2) is 39.5 Å². The highest BCUT2D eigenvalue weighted by molar-refractivity contribution is 6.33. The van der Waals surface area contributed by atoms with Crippen molar-refractivity contribution in [2.24, 2.45) is 0 Å². The van der Waals surface area contributed by atoms with E-state index in [0.29, 0.717) is 39.7 Å². The number of hydrogen-bond acceptors (Lipinski definition) is 6. The van der Waals surface area contributed by atoms with E-state index < -0.39 is 5.97 Å². The lowest BCUT2D eigenvalue weighted by Crippen LogP contribution is -2.33. The van der Waals surface area contributed by atoms with Gasteiger partial charge in [-0.25, -0.2) is 9.59 Å². The zero-order chi connectivity index (χ0) is 20.1. The molecule has 2 aromatic carbocycles. The van der Waals surface area contributed by atoms with Gasteiger partial charge < -0.3 is 18.8 Å². The van der Waals surface area contributed by atoms with Crippen molar-refractivity contribution in [2.45, 2.75) is 25.8 Å². The van der Waals surface area contributed by atoms with E-state index >= 15 is 0 Å². The highest BCUT2D eigenvalue weighted by atomic mass is 35.5. The molecule has 0 bridgehead atoms. The SMILES string of the molecule is COC(=O)c1ccccc1N1COc2c(Cl)cc3c4c(c(=O)oc3c2C1)CCC4. The molecule has 1 aliphatic heterocycles. The van der Waals surface area contributed by atoms with Gasteiger partial charge in [-0.1, -0.05) is 23.7 Å². The van der Waals surface area contributed by atoms with Gasteiger partial charge in [0, 0.05) is 10.9 Å². The van der Waals surface area contributed by atoms with E-state index in [4.69, 9.17) is 25.5 Å². The zero-order valence-corrected chi connectivity index (χ0v) is 16.5. The quantitative estimate of drug-likeness (QED) is 0.467. The van der Waals surface area contributed by atoms with E-state index in [1.54, 1.807) is 12.1 Å². The molecule has 6 nitrogen and oxygen atoms in total. The number of carbonyl (C=O) groups is 1. The third-order valence-electron chi connectivity index (χ3n) is 5.63. The van der Waals surface area contributed by atoms with E-state index in [1.165, 1.54) is 7.11 Å². The Labute approximate surface area is 171 Å². The normalized spacial score (nSPS) is 15.0. The highest BCUT2D eigenvalue weighted by Crippen LogP contribution is 2.42. The molecule has 7 heteroatoms. The lowest BCUT2D eigenvalue weighted by molar-refractivity contribution is 0.0601. The molecule has 0 unspecified atom stereocenters. The Balaban J connectivity index is 1.67. The number of methoxy groups -OCH3 is 1. The lowest BCUT2D eigenvalue weighted by Gasteiger charge is -2.32. The molecular weight excluding hydrogens is 394 g/mol. The van der Waals surface area contributed by atoms with Crippen LogP contribution in [0.25, 0.3) is 11.0 Å². The van der Waals surface area contributed by atoms with Crippen molar-refractivity contribution >= 4 is 34.2 Å². The molecule has 29 heavy (non-hydrogen) atoms. The Morgan fingerprint density at radius 2 is 1.97 bits per heavy atom. The number of benzene rings is 2. The second-order valence-electron chi connectivity index (χ2n) is 7.22. The Kier molecular flexibility index (Phi) is 4.24. The standard InChI is InChI=1S/C22H18ClNO5/c1-27-21(25)14-5-2-3-8-18(14)24-10-16-19-15(9-17(23)20(16)28-11-24)12-6-4-7-13(12)22(26)29-19/h2-3,5,8-9H,4,6-7,10-11H2,1H3. The number of aryl methyl sites for hydroxylation is 1. The third kappa shape index (κ3) is 2.78. The van der Waals surface area contributed by atoms with E-state index in [-0.39, 0.29) is 12.4 Å². The van der Waals surface area contributed by atoms with Crippen molar-refractivity contribution < 1.29 is 18.7 Å². The van der Waals surface area contributed by atoms with Crippen LogP contribution >= 0.6 is 11.6 Å². The summed E-state index contributed by atoms with van der Waals surface area (Å²) in [5.41, 5.74) is 3.82. The van der Waals surface area contributed by atoms with Crippen LogP contribution < -0.4 is 15.3 Å². The average molecular weight is 412 g/mol. The minimum Gasteiger partial charge on any atom is -0.471 e. The maximum absolute atomic E-state index is 12.5. The van der Waals surface area contributed by atoms with Crippen LogP contribution in [0.3, 0.4) is 0 Å². The van der Waals surface area contributed by atoms with E-state index in [1.807, 2.05) is 23.1 Å². The first-order chi connectivity index (χ1) is 14.1. The molecule has 0 saturated carbocycles. The molecule has 0 N–H and O–H groups in total. The van der Waals surface area contributed by atoms with Crippen LogP contribution in [-0.4, -0.2) is 19.8 Å². The van der Waals surface area contributed by atoms with Crippen LogP contribution in [-0.2, 0) is 24.1 Å². The van der Waals surface area contributed by atoms with Gasteiger partial charge in [-0.3, -0.25) is 0 Å². The van der Waals surface area contributed by atoms with Crippen molar-refractivity contribution in [3.8, 4) is 5.75 Å². The average Bonchev–Trinajstić information content (AvgIpc) is 3.25. The third-order valence-corrected chi connectivity index (χ3v) is 5.91. The first kappa shape index (κ1) is 18.1. The molecule has 0 saturated heterocycles. The van der Waals surface area contributed by atoms with E-state index in [0.717, 1.165) is 35.8 Å². The monoisotopic (exact) mass is 411 g/mol. The van der Waals surface area contributed by atoms with Gasteiger partial charge in [0.1, 0.15) is 11.3 Å². The van der Waals surface area contributed by atoms with Gasteiger partial charge in [0.25, 0.3) is 0 Å². The minimum absolute atomic E-state index is 0.210. The highest BCUT2D eigenvalue weighted by Gasteiger charge is 2.29. The Morgan fingerprint density at radius 1 is 1.17 bits per heavy atom. The lowest BCUT2D eigenvalue weighted by atomic mass is 10.0. The maximum Gasteiger partial charge on any atom is 0.339 e. The molecule has 5 rings (SSSR count). The summed E-state index contributed by atoms with van der Waals surface area (Å²) in [5, 5.41) is 1.36. The fraction of sp³-hybridized carbons (Fsp3) is 0.273. The van der Waals surface area contributed by atoms with Gasteiger partial charge >= 0.3 is 11.6 Å². The van der Waals surface area contributed by atoms with E-state index in [2.05, 4.69) is 0 Å². The number of para-hydroxylation sites is 1. The fourth-order valence-corrected chi connectivity index (χ4v) is 4.57. The molecular formula is C22H18ClNO5. The second kappa shape index (κ2) is 6.81. The number of rotatable bonds is 2. The number of esters is 1. The summed E-state index contributed by atoms with van der Waals surface area (Å²) in [6.07, 6.45) is 2.50. The minimum atomic E-state index is -0.424. The number of anilines is 1. The summed E-state index contributed by atoms with van der Waals surface area (Å²) in [6, 6.07) is 9.01. The molecule has 2 aliphatic rings. The molecule has 1 aliphatic carbocycles. The van der Waals surface area contributed by atoms with Crippen molar-refractivity contribution in [1.82, 2.24) is 0 Å². The molecule has 0 amide bonds. The van der Waals surface area contributed by atoms with Gasteiger partial charge in [-0.05, 0) is 43.0 Å². The molecule has 0 atom stereocenters. The fourth-order valence-electron chi connectivity index (χ4n) is 4.29. The van der Waals surface area contributed by atoms with Crippen LogP contribution in [0.1, 0.15) is 33.5 Å². The van der Waals surface area contributed by atoms with Crippen molar-refractivity contribution in [1.29, 1.82) is 0 Å². The smallest absolute Gasteiger partial charge is 0.339 e. The molecule has 0 spiro atoms.